The number of hydrogen-bond donors (Lipinski definition) is 1. The van der Waals surface area contributed by atoms with Crippen molar-refractivity contribution in [2.45, 2.75) is 6.92 Å². The monoisotopic (exact) mass is 356 g/mol. The Hall–Kier alpha value is -2.99. The van der Waals surface area contributed by atoms with Crippen LogP contribution in [0.15, 0.2) is 42.0 Å². The highest BCUT2D eigenvalue weighted by atomic mass is 35.5. The van der Waals surface area contributed by atoms with Gasteiger partial charge in [-0.05, 0) is 48.4 Å². The number of benzene rings is 2. The molecule has 2 amide bonds. The van der Waals surface area contributed by atoms with E-state index in [-0.39, 0.29) is 12.4 Å². The maximum absolute atomic E-state index is 12.6. The first-order chi connectivity index (χ1) is 12.0. The van der Waals surface area contributed by atoms with Gasteiger partial charge in [0.05, 0.1) is 5.69 Å². The lowest BCUT2D eigenvalue weighted by Gasteiger charge is -2.15. The lowest BCUT2D eigenvalue weighted by molar-refractivity contribution is -0.117. The van der Waals surface area contributed by atoms with Gasteiger partial charge in [0.1, 0.15) is 5.57 Å². The minimum absolute atomic E-state index is 0.0376. The minimum Gasteiger partial charge on any atom is -0.454 e. The predicted molar refractivity (Wildman–Crippen MR) is 92.4 cm³/mol. The van der Waals surface area contributed by atoms with E-state index < -0.39 is 11.8 Å². The van der Waals surface area contributed by atoms with Crippen LogP contribution in [0.2, 0.25) is 5.02 Å². The van der Waals surface area contributed by atoms with Crippen LogP contribution in [0.3, 0.4) is 0 Å². The van der Waals surface area contributed by atoms with E-state index in [0.29, 0.717) is 27.8 Å². The second kappa shape index (κ2) is 5.82. The summed E-state index contributed by atoms with van der Waals surface area (Å²) in [7, 11) is 0. The van der Waals surface area contributed by atoms with Crippen molar-refractivity contribution >= 4 is 35.2 Å². The smallest absolute Gasteiger partial charge is 0.282 e. The van der Waals surface area contributed by atoms with Crippen LogP contribution in [0.4, 0.5) is 5.69 Å². The Morgan fingerprint density at radius 1 is 1.12 bits per heavy atom. The van der Waals surface area contributed by atoms with Gasteiger partial charge in [0.25, 0.3) is 11.8 Å². The molecule has 1 saturated heterocycles. The molecule has 2 aromatic rings. The van der Waals surface area contributed by atoms with Crippen LogP contribution in [0.25, 0.3) is 6.08 Å². The van der Waals surface area contributed by atoms with Crippen LogP contribution in [-0.4, -0.2) is 18.6 Å². The second-order valence-corrected chi connectivity index (χ2v) is 6.09. The lowest BCUT2D eigenvalue weighted by atomic mass is 10.1. The number of anilines is 1. The molecule has 0 aliphatic carbocycles. The Kier molecular flexibility index (Phi) is 3.62. The number of fused-ring (bicyclic) bond motifs is 1. The number of aryl methyl sites for hydroxylation is 1. The number of ether oxygens (including phenoxy) is 2. The number of rotatable bonds is 2. The molecule has 6 nitrogen and oxygen atoms in total. The summed E-state index contributed by atoms with van der Waals surface area (Å²) in [4.78, 5) is 24.9. The quantitative estimate of drug-likeness (QED) is 0.663. The average molecular weight is 357 g/mol. The molecule has 0 radical (unpaired) electrons. The van der Waals surface area contributed by atoms with E-state index in [4.69, 9.17) is 21.1 Å². The van der Waals surface area contributed by atoms with Gasteiger partial charge in [0.2, 0.25) is 6.79 Å². The molecule has 4 rings (SSSR count). The third kappa shape index (κ3) is 2.70. The van der Waals surface area contributed by atoms with Crippen LogP contribution in [0, 0.1) is 6.92 Å². The van der Waals surface area contributed by atoms with Crippen molar-refractivity contribution in [3.8, 4) is 11.5 Å². The van der Waals surface area contributed by atoms with Gasteiger partial charge in [0.15, 0.2) is 11.5 Å². The fraction of sp³-hybridized carbons (Fsp3) is 0.111. The van der Waals surface area contributed by atoms with Crippen molar-refractivity contribution in [2.24, 2.45) is 0 Å². The van der Waals surface area contributed by atoms with Crippen LogP contribution < -0.4 is 19.9 Å². The Labute approximate surface area is 148 Å². The first-order valence-corrected chi connectivity index (χ1v) is 7.94. The van der Waals surface area contributed by atoms with Crippen molar-refractivity contribution in [3.05, 3.63) is 58.1 Å². The van der Waals surface area contributed by atoms with E-state index in [1.807, 2.05) is 6.92 Å². The zero-order valence-corrected chi connectivity index (χ0v) is 14.0. The maximum Gasteiger partial charge on any atom is 0.282 e. The summed E-state index contributed by atoms with van der Waals surface area (Å²) >= 11 is 6.11. The van der Waals surface area contributed by atoms with Gasteiger partial charge < -0.3 is 9.47 Å². The molecule has 1 N–H and O–H groups in total. The third-order valence-corrected chi connectivity index (χ3v) is 4.42. The van der Waals surface area contributed by atoms with Crippen molar-refractivity contribution in [1.82, 2.24) is 5.43 Å². The Bertz CT molecular complexity index is 939. The van der Waals surface area contributed by atoms with Gasteiger partial charge in [-0.25, -0.2) is 5.01 Å². The van der Waals surface area contributed by atoms with Crippen LogP contribution in [-0.2, 0) is 9.59 Å². The first kappa shape index (κ1) is 15.5. The lowest BCUT2D eigenvalue weighted by Crippen LogP contribution is -2.35. The minimum atomic E-state index is -0.473. The predicted octanol–water partition coefficient (Wildman–Crippen LogP) is 2.84. The molecule has 2 heterocycles. The van der Waals surface area contributed by atoms with E-state index in [1.165, 1.54) is 11.1 Å². The van der Waals surface area contributed by atoms with Gasteiger partial charge in [-0.1, -0.05) is 23.7 Å². The summed E-state index contributed by atoms with van der Waals surface area (Å²) in [6.07, 6.45) is 1.52. The van der Waals surface area contributed by atoms with Crippen LogP contribution >= 0.6 is 11.6 Å². The van der Waals surface area contributed by atoms with Crippen LogP contribution in [0.1, 0.15) is 11.1 Å². The molecule has 0 spiro atoms. The van der Waals surface area contributed by atoms with Crippen LogP contribution in [0.5, 0.6) is 11.5 Å². The molecule has 0 saturated carbocycles. The van der Waals surface area contributed by atoms with E-state index in [9.17, 15) is 9.59 Å². The normalized spacial score (nSPS) is 17.4. The summed E-state index contributed by atoms with van der Waals surface area (Å²) < 4.78 is 10.6. The number of hydrazine groups is 1. The first-order valence-electron chi connectivity index (χ1n) is 7.56. The zero-order chi connectivity index (χ0) is 17.6. The van der Waals surface area contributed by atoms with Crippen molar-refractivity contribution in [3.63, 3.8) is 0 Å². The number of nitrogens with zero attached hydrogens (tertiary/aromatic N) is 1. The highest BCUT2D eigenvalue weighted by molar-refractivity contribution is 6.33. The van der Waals surface area contributed by atoms with Gasteiger partial charge in [-0.2, -0.15) is 0 Å². The summed E-state index contributed by atoms with van der Waals surface area (Å²) in [6, 6.07) is 10.4. The number of carbonyl (C=O) groups excluding carboxylic acids is 2. The zero-order valence-electron chi connectivity index (χ0n) is 13.2. The summed E-state index contributed by atoms with van der Waals surface area (Å²) in [5.41, 5.74) is 4.65. The molecule has 2 aliphatic rings. The number of amides is 2. The fourth-order valence-electron chi connectivity index (χ4n) is 2.63. The third-order valence-electron chi connectivity index (χ3n) is 4.01. The molecule has 0 atom stereocenters. The molecule has 0 aromatic heterocycles. The van der Waals surface area contributed by atoms with Crippen molar-refractivity contribution in [2.75, 3.05) is 11.8 Å². The van der Waals surface area contributed by atoms with E-state index >= 15 is 0 Å². The van der Waals surface area contributed by atoms with E-state index in [1.54, 1.807) is 36.4 Å². The molecular weight excluding hydrogens is 344 g/mol. The topological polar surface area (TPSA) is 67.9 Å². The summed E-state index contributed by atoms with van der Waals surface area (Å²) in [5, 5.41) is 1.71. The highest BCUT2D eigenvalue weighted by Crippen LogP contribution is 2.33. The standard InChI is InChI=1S/C18H13ClN2O4/c1-10-2-4-12(8-14(10)19)21-18(23)13(17(22)20-21)6-11-3-5-15-16(7-11)25-9-24-15/h2-8H,9H2,1H3,(H,20,22)/b13-6+. The number of carbonyl (C=O) groups is 2. The highest BCUT2D eigenvalue weighted by Gasteiger charge is 2.34. The van der Waals surface area contributed by atoms with Gasteiger partial charge in [-0.15, -0.1) is 0 Å². The largest absolute Gasteiger partial charge is 0.454 e. The Morgan fingerprint density at radius 2 is 1.92 bits per heavy atom. The second-order valence-electron chi connectivity index (χ2n) is 5.69. The molecule has 25 heavy (non-hydrogen) atoms. The van der Waals surface area contributed by atoms with Crippen molar-refractivity contribution in [1.29, 1.82) is 0 Å². The summed E-state index contributed by atoms with van der Waals surface area (Å²) in [6.45, 7) is 2.03. The summed E-state index contributed by atoms with van der Waals surface area (Å²) in [5.74, 6) is 0.310. The molecule has 2 aliphatic heterocycles. The molecule has 0 unspecified atom stereocenters. The average Bonchev–Trinajstić information content (AvgIpc) is 3.16. The van der Waals surface area contributed by atoms with E-state index in [0.717, 1.165) is 5.56 Å². The van der Waals surface area contributed by atoms with Gasteiger partial charge in [0, 0.05) is 5.02 Å². The fourth-order valence-corrected chi connectivity index (χ4v) is 2.80. The Balaban J connectivity index is 1.66. The molecule has 0 bridgehead atoms. The molecule has 7 heteroatoms. The Morgan fingerprint density at radius 3 is 2.72 bits per heavy atom. The molecular formula is C18H13ClN2O4. The maximum atomic E-state index is 12.6. The van der Waals surface area contributed by atoms with Crippen molar-refractivity contribution < 1.29 is 19.1 Å². The molecule has 2 aromatic carbocycles. The SMILES string of the molecule is Cc1ccc(N2NC(=O)/C(=C\c3ccc4c(c3)OCO4)C2=O)cc1Cl. The number of nitrogens with one attached hydrogen (secondary N) is 1. The molecule has 1 fully saturated rings. The van der Waals surface area contributed by atoms with E-state index in [2.05, 4.69) is 5.43 Å². The number of hydrogen-bond acceptors (Lipinski definition) is 4. The molecule has 126 valence electrons. The van der Waals surface area contributed by atoms with Gasteiger partial charge in [-0.3, -0.25) is 15.0 Å². The number of halogens is 1. The van der Waals surface area contributed by atoms with Gasteiger partial charge >= 0.3 is 0 Å².